The molecule has 6 nitrogen and oxygen atoms in total. The van der Waals surface area contributed by atoms with E-state index in [0.29, 0.717) is 10.8 Å². The molecule has 0 aromatic carbocycles. The van der Waals surface area contributed by atoms with Gasteiger partial charge in [0.15, 0.2) is 0 Å². The quantitative estimate of drug-likeness (QED) is 0.804. The molecule has 0 unspecified atom stereocenters. The number of anilines is 1. The van der Waals surface area contributed by atoms with Crippen molar-refractivity contribution in [3.05, 3.63) is 34.6 Å². The molecule has 1 amide bonds. The van der Waals surface area contributed by atoms with E-state index in [0.717, 1.165) is 0 Å². The lowest BCUT2D eigenvalue weighted by Crippen LogP contribution is -2.13. The second-order valence-electron chi connectivity index (χ2n) is 2.77. The van der Waals surface area contributed by atoms with Crippen molar-refractivity contribution in [2.24, 2.45) is 0 Å². The van der Waals surface area contributed by atoms with Crippen molar-refractivity contribution in [2.45, 2.75) is 0 Å². The summed E-state index contributed by atoms with van der Waals surface area (Å²) in [5.74, 6) is -0.521. The maximum absolute atomic E-state index is 11.5. The predicted molar refractivity (Wildman–Crippen MR) is 58.6 cm³/mol. The van der Waals surface area contributed by atoms with Gasteiger partial charge in [-0.05, 0) is 23.7 Å². The lowest BCUT2D eigenvalue weighted by Gasteiger charge is -2.00. The number of H-pyrrole nitrogens is 1. The number of carbonyl (C=O) groups excluding carboxylic acids is 1. The van der Waals surface area contributed by atoms with Crippen LogP contribution in [0.3, 0.4) is 0 Å². The number of halogens is 2. The molecule has 0 saturated heterocycles. The highest BCUT2D eigenvalue weighted by Crippen LogP contribution is 2.10. The molecule has 2 rings (SSSR count). The Kier molecular flexibility index (Phi) is 3.02. The van der Waals surface area contributed by atoms with E-state index in [1.807, 2.05) is 0 Å². The lowest BCUT2D eigenvalue weighted by molar-refractivity contribution is 0.101. The number of aromatic nitrogens is 4. The van der Waals surface area contributed by atoms with E-state index in [2.05, 4.69) is 25.5 Å². The van der Waals surface area contributed by atoms with Crippen LogP contribution in [-0.2, 0) is 0 Å². The third kappa shape index (κ3) is 2.47. The fourth-order valence-corrected chi connectivity index (χ4v) is 1.21. The van der Waals surface area contributed by atoms with Crippen molar-refractivity contribution in [1.29, 1.82) is 0 Å². The van der Waals surface area contributed by atoms with Crippen LogP contribution in [0.15, 0.2) is 18.3 Å². The van der Waals surface area contributed by atoms with Gasteiger partial charge in [0, 0.05) is 0 Å². The van der Waals surface area contributed by atoms with E-state index >= 15 is 0 Å². The zero-order valence-corrected chi connectivity index (χ0v) is 9.25. The van der Waals surface area contributed by atoms with Crippen LogP contribution in [0, 0.1) is 0 Å². The molecule has 0 aliphatic rings. The predicted octanol–water partition coefficient (Wildman–Crippen LogP) is 1.76. The molecule has 82 valence electrons. The van der Waals surface area contributed by atoms with Crippen molar-refractivity contribution >= 4 is 34.8 Å². The molecule has 8 heteroatoms. The fraction of sp³-hybridized carbons (Fsp3) is 0. The van der Waals surface area contributed by atoms with Crippen LogP contribution in [0.2, 0.25) is 10.4 Å². The molecule has 0 aliphatic carbocycles. The molecule has 0 saturated carbocycles. The average molecular weight is 258 g/mol. The van der Waals surface area contributed by atoms with Crippen molar-refractivity contribution in [3.63, 3.8) is 0 Å². The van der Waals surface area contributed by atoms with Crippen LogP contribution in [0.5, 0.6) is 0 Å². The number of hydrogen-bond donors (Lipinski definition) is 2. The van der Waals surface area contributed by atoms with E-state index in [1.165, 1.54) is 6.20 Å². The standard InChI is InChI=1S/C8H5Cl2N5O/c9-5-2-1-4(3-11-5)12-7(16)6-13-8(10)15-14-6/h1-3H,(H,12,16)(H,13,14,15). The first-order valence-electron chi connectivity index (χ1n) is 4.16. The number of hydrogen-bond acceptors (Lipinski definition) is 4. The Morgan fingerprint density at radius 1 is 1.38 bits per heavy atom. The maximum Gasteiger partial charge on any atom is 0.295 e. The molecule has 16 heavy (non-hydrogen) atoms. The summed E-state index contributed by atoms with van der Waals surface area (Å²) in [4.78, 5) is 19.0. The van der Waals surface area contributed by atoms with Crippen LogP contribution in [-0.4, -0.2) is 26.1 Å². The first kappa shape index (κ1) is 10.8. The average Bonchev–Trinajstić information content (AvgIpc) is 2.68. The van der Waals surface area contributed by atoms with Crippen LogP contribution < -0.4 is 5.32 Å². The van der Waals surface area contributed by atoms with Gasteiger partial charge in [0.2, 0.25) is 11.1 Å². The lowest BCUT2D eigenvalue weighted by atomic mass is 10.4. The fourth-order valence-electron chi connectivity index (χ4n) is 0.980. The Labute approximate surface area is 100 Å². The van der Waals surface area contributed by atoms with Gasteiger partial charge in [0.25, 0.3) is 5.91 Å². The number of nitrogens with one attached hydrogen (secondary N) is 2. The molecule has 2 aromatic heterocycles. The Morgan fingerprint density at radius 3 is 2.75 bits per heavy atom. The number of nitrogens with zero attached hydrogens (tertiary/aromatic N) is 3. The van der Waals surface area contributed by atoms with Crippen molar-refractivity contribution in [3.8, 4) is 0 Å². The minimum absolute atomic E-state index is 0.0417. The number of amides is 1. The highest BCUT2D eigenvalue weighted by atomic mass is 35.5. The van der Waals surface area contributed by atoms with Gasteiger partial charge in [-0.1, -0.05) is 11.6 Å². The smallest absolute Gasteiger partial charge is 0.295 e. The third-order valence-corrected chi connectivity index (χ3v) is 2.04. The van der Waals surface area contributed by atoms with Gasteiger partial charge in [-0.3, -0.25) is 4.79 Å². The highest BCUT2D eigenvalue weighted by molar-refractivity contribution is 6.29. The second kappa shape index (κ2) is 4.46. The van der Waals surface area contributed by atoms with E-state index in [9.17, 15) is 4.79 Å². The minimum atomic E-state index is -0.479. The number of rotatable bonds is 2. The molecule has 0 fully saturated rings. The topological polar surface area (TPSA) is 83.6 Å². The zero-order chi connectivity index (χ0) is 11.5. The van der Waals surface area contributed by atoms with Gasteiger partial charge >= 0.3 is 0 Å². The highest BCUT2D eigenvalue weighted by Gasteiger charge is 2.11. The summed E-state index contributed by atoms with van der Waals surface area (Å²) in [5, 5.41) is 8.89. The second-order valence-corrected chi connectivity index (χ2v) is 3.52. The largest absolute Gasteiger partial charge is 0.318 e. The minimum Gasteiger partial charge on any atom is -0.318 e. The first-order valence-corrected chi connectivity index (χ1v) is 4.91. The SMILES string of the molecule is O=C(Nc1ccc(Cl)nc1)c1n[nH]c(Cl)n1. The van der Waals surface area contributed by atoms with Crippen molar-refractivity contribution in [2.75, 3.05) is 5.32 Å². The number of pyridine rings is 1. The van der Waals surface area contributed by atoms with Gasteiger partial charge in [0.05, 0.1) is 11.9 Å². The van der Waals surface area contributed by atoms with E-state index in [1.54, 1.807) is 12.1 Å². The van der Waals surface area contributed by atoms with Crippen LogP contribution in [0.1, 0.15) is 10.6 Å². The Balaban J connectivity index is 2.10. The van der Waals surface area contributed by atoms with Crippen LogP contribution in [0.25, 0.3) is 0 Å². The van der Waals surface area contributed by atoms with Crippen molar-refractivity contribution < 1.29 is 4.79 Å². The van der Waals surface area contributed by atoms with Gasteiger partial charge in [-0.15, -0.1) is 5.10 Å². The maximum atomic E-state index is 11.5. The third-order valence-electron chi connectivity index (χ3n) is 1.65. The molecule has 2 aromatic rings. The molecule has 0 bridgehead atoms. The van der Waals surface area contributed by atoms with Crippen LogP contribution >= 0.6 is 23.2 Å². The summed E-state index contributed by atoms with van der Waals surface area (Å²) in [7, 11) is 0. The van der Waals surface area contributed by atoms with Gasteiger partial charge < -0.3 is 5.32 Å². The Morgan fingerprint density at radius 2 is 2.19 bits per heavy atom. The molecule has 0 spiro atoms. The molecular weight excluding hydrogens is 253 g/mol. The summed E-state index contributed by atoms with van der Waals surface area (Å²) < 4.78 is 0. The molecular formula is C8H5Cl2N5O. The van der Waals surface area contributed by atoms with E-state index < -0.39 is 5.91 Å². The number of carbonyl (C=O) groups is 1. The van der Waals surface area contributed by atoms with E-state index in [-0.39, 0.29) is 11.1 Å². The first-order chi connectivity index (χ1) is 7.65. The van der Waals surface area contributed by atoms with Crippen LogP contribution in [0.4, 0.5) is 5.69 Å². The monoisotopic (exact) mass is 257 g/mol. The summed E-state index contributed by atoms with van der Waals surface area (Å²) in [6.45, 7) is 0. The summed E-state index contributed by atoms with van der Waals surface area (Å²) in [6, 6.07) is 3.17. The van der Waals surface area contributed by atoms with Gasteiger partial charge in [0.1, 0.15) is 5.15 Å². The van der Waals surface area contributed by atoms with Gasteiger partial charge in [-0.25, -0.2) is 10.1 Å². The van der Waals surface area contributed by atoms with E-state index in [4.69, 9.17) is 23.2 Å². The summed E-state index contributed by atoms with van der Waals surface area (Å²) >= 11 is 11.1. The molecule has 0 atom stereocenters. The normalized spacial score (nSPS) is 10.1. The summed E-state index contributed by atoms with van der Waals surface area (Å²) in [5.41, 5.74) is 0.496. The molecule has 0 radical (unpaired) electrons. The zero-order valence-electron chi connectivity index (χ0n) is 7.74. The number of aromatic amines is 1. The molecule has 0 aliphatic heterocycles. The Bertz CT molecular complexity index is 509. The van der Waals surface area contributed by atoms with Gasteiger partial charge in [-0.2, -0.15) is 4.98 Å². The van der Waals surface area contributed by atoms with Crippen molar-refractivity contribution in [1.82, 2.24) is 20.2 Å². The Hall–Kier alpha value is -1.66. The molecule has 2 N–H and O–H groups in total. The molecule has 2 heterocycles. The summed E-state index contributed by atoms with van der Waals surface area (Å²) in [6.07, 6.45) is 1.43.